The Kier molecular flexibility index (Phi) is 7.54. The topological polar surface area (TPSA) is 67.7 Å². The zero-order chi connectivity index (χ0) is 24.9. The second-order valence-electron chi connectivity index (χ2n) is 9.37. The van der Waals surface area contributed by atoms with Gasteiger partial charge in [0.15, 0.2) is 0 Å². The molecule has 1 aliphatic rings. The number of hydrogen-bond acceptors (Lipinski definition) is 4. The largest absolute Gasteiger partial charge is 0.497 e. The molecule has 0 saturated carbocycles. The fraction of sp³-hybridized carbons (Fsp3) is 0.393. The number of carbonyl (C=O) groups excluding carboxylic acids is 2. The van der Waals surface area contributed by atoms with Crippen molar-refractivity contribution in [2.24, 2.45) is 0 Å². The van der Waals surface area contributed by atoms with E-state index in [9.17, 15) is 9.59 Å². The van der Waals surface area contributed by atoms with E-state index in [1.165, 1.54) is 5.56 Å². The number of rotatable bonds is 7. The van der Waals surface area contributed by atoms with Crippen molar-refractivity contribution in [1.82, 2.24) is 19.6 Å². The maximum Gasteiger partial charge on any atom is 0.257 e. The number of aryl methyl sites for hydroxylation is 2. The summed E-state index contributed by atoms with van der Waals surface area (Å²) in [4.78, 5) is 29.9. The lowest BCUT2D eigenvalue weighted by Crippen LogP contribution is -2.50. The lowest BCUT2D eigenvalue weighted by atomic mass is 10.0. The van der Waals surface area contributed by atoms with Crippen LogP contribution in [0, 0.1) is 6.92 Å². The third kappa shape index (κ3) is 5.56. The molecule has 2 aromatic carbocycles. The van der Waals surface area contributed by atoms with E-state index >= 15 is 0 Å². The average molecular weight is 475 g/mol. The van der Waals surface area contributed by atoms with Crippen LogP contribution in [-0.2, 0) is 11.2 Å². The molecule has 0 bridgehead atoms. The van der Waals surface area contributed by atoms with Crippen LogP contribution < -0.4 is 4.74 Å². The summed E-state index contributed by atoms with van der Waals surface area (Å²) < 4.78 is 7.06. The summed E-state index contributed by atoms with van der Waals surface area (Å²) in [5, 5.41) is 4.56. The second-order valence-corrected chi connectivity index (χ2v) is 9.37. The number of amides is 2. The van der Waals surface area contributed by atoms with E-state index in [2.05, 4.69) is 25.9 Å². The molecule has 2 amide bonds. The van der Waals surface area contributed by atoms with Gasteiger partial charge in [-0.3, -0.25) is 9.59 Å². The Bertz CT molecular complexity index is 1160. The molecule has 0 spiro atoms. The summed E-state index contributed by atoms with van der Waals surface area (Å²) in [5.41, 5.74) is 4.79. The maximum atomic E-state index is 13.4. The molecule has 7 heteroatoms. The first-order valence-corrected chi connectivity index (χ1v) is 12.2. The molecule has 4 rings (SSSR count). The lowest BCUT2D eigenvalue weighted by Gasteiger charge is -2.35. The number of carbonyl (C=O) groups is 2. The molecule has 0 atom stereocenters. The van der Waals surface area contributed by atoms with Gasteiger partial charge in [-0.15, -0.1) is 0 Å². The van der Waals surface area contributed by atoms with Crippen molar-refractivity contribution in [2.75, 3.05) is 33.3 Å². The zero-order valence-electron chi connectivity index (χ0n) is 21.0. The Morgan fingerprint density at radius 2 is 1.57 bits per heavy atom. The van der Waals surface area contributed by atoms with Gasteiger partial charge in [0.05, 0.1) is 30.3 Å². The van der Waals surface area contributed by atoms with Gasteiger partial charge in [-0.05, 0) is 49.1 Å². The van der Waals surface area contributed by atoms with Gasteiger partial charge in [-0.25, -0.2) is 4.68 Å². The standard InChI is InChI=1S/C28H34N4O3/c1-20(2)27-25(19-29-32(27)23-10-5-21(3)6-11-23)28(34)31-17-15-30(16-18-31)26(33)14-9-22-7-12-24(35-4)13-8-22/h5-8,10-13,19-20H,9,14-18H2,1-4H3. The van der Waals surface area contributed by atoms with Crippen molar-refractivity contribution >= 4 is 11.8 Å². The molecule has 7 nitrogen and oxygen atoms in total. The smallest absolute Gasteiger partial charge is 0.257 e. The predicted molar refractivity (Wildman–Crippen MR) is 136 cm³/mol. The SMILES string of the molecule is COc1ccc(CCC(=O)N2CCN(C(=O)c3cnn(-c4ccc(C)cc4)c3C(C)C)CC2)cc1. The third-order valence-electron chi connectivity index (χ3n) is 6.57. The predicted octanol–water partition coefficient (Wildman–Crippen LogP) is 4.23. The molecular formula is C28H34N4O3. The minimum Gasteiger partial charge on any atom is -0.497 e. The molecule has 0 radical (unpaired) electrons. The summed E-state index contributed by atoms with van der Waals surface area (Å²) in [6.45, 7) is 8.37. The van der Waals surface area contributed by atoms with Crippen LogP contribution >= 0.6 is 0 Å². The minimum absolute atomic E-state index is 0.0163. The van der Waals surface area contributed by atoms with Gasteiger partial charge in [0.25, 0.3) is 5.91 Å². The van der Waals surface area contributed by atoms with Gasteiger partial charge in [-0.1, -0.05) is 43.7 Å². The first kappa shape index (κ1) is 24.5. The summed E-state index contributed by atoms with van der Waals surface area (Å²) in [6.07, 6.45) is 2.84. The first-order valence-electron chi connectivity index (χ1n) is 12.2. The van der Waals surface area contributed by atoms with E-state index in [0.29, 0.717) is 44.6 Å². The number of methoxy groups -OCH3 is 1. The molecule has 0 aliphatic carbocycles. The highest BCUT2D eigenvalue weighted by atomic mass is 16.5. The monoisotopic (exact) mass is 474 g/mol. The number of ether oxygens (including phenoxy) is 1. The van der Waals surface area contributed by atoms with E-state index < -0.39 is 0 Å². The highest BCUT2D eigenvalue weighted by Crippen LogP contribution is 2.25. The maximum absolute atomic E-state index is 13.4. The Hall–Kier alpha value is -3.61. The fourth-order valence-corrected chi connectivity index (χ4v) is 4.50. The van der Waals surface area contributed by atoms with Crippen LogP contribution in [0.4, 0.5) is 0 Å². The van der Waals surface area contributed by atoms with Crippen molar-refractivity contribution in [1.29, 1.82) is 0 Å². The molecule has 184 valence electrons. The van der Waals surface area contributed by atoms with Crippen LogP contribution in [0.25, 0.3) is 5.69 Å². The Morgan fingerprint density at radius 3 is 2.17 bits per heavy atom. The molecule has 1 aliphatic heterocycles. The van der Waals surface area contributed by atoms with Crippen molar-refractivity contribution in [3.63, 3.8) is 0 Å². The Morgan fingerprint density at radius 1 is 0.943 bits per heavy atom. The van der Waals surface area contributed by atoms with Gasteiger partial charge < -0.3 is 14.5 Å². The van der Waals surface area contributed by atoms with Crippen LogP contribution in [0.2, 0.25) is 0 Å². The van der Waals surface area contributed by atoms with Gasteiger partial charge in [-0.2, -0.15) is 5.10 Å². The van der Waals surface area contributed by atoms with Crippen molar-refractivity contribution in [3.05, 3.63) is 77.1 Å². The van der Waals surface area contributed by atoms with Crippen LogP contribution in [0.3, 0.4) is 0 Å². The van der Waals surface area contributed by atoms with Gasteiger partial charge in [0.2, 0.25) is 5.91 Å². The molecule has 1 saturated heterocycles. The van der Waals surface area contributed by atoms with Crippen LogP contribution in [0.1, 0.15) is 53.4 Å². The summed E-state index contributed by atoms with van der Waals surface area (Å²) in [5.74, 6) is 1.06. The Balaban J connectivity index is 1.37. The van der Waals surface area contributed by atoms with E-state index in [1.54, 1.807) is 13.3 Å². The van der Waals surface area contributed by atoms with E-state index in [0.717, 1.165) is 22.7 Å². The third-order valence-corrected chi connectivity index (χ3v) is 6.57. The fourth-order valence-electron chi connectivity index (χ4n) is 4.50. The van der Waals surface area contributed by atoms with E-state index in [-0.39, 0.29) is 17.7 Å². The molecule has 35 heavy (non-hydrogen) atoms. The van der Waals surface area contributed by atoms with Gasteiger partial charge >= 0.3 is 0 Å². The van der Waals surface area contributed by atoms with Gasteiger partial charge in [0.1, 0.15) is 5.75 Å². The summed E-state index contributed by atoms with van der Waals surface area (Å²) in [6, 6.07) is 16.0. The number of piperazine rings is 1. The van der Waals surface area contributed by atoms with Gasteiger partial charge in [0, 0.05) is 32.6 Å². The quantitative estimate of drug-likeness (QED) is 0.514. The van der Waals surface area contributed by atoms with Crippen LogP contribution in [0.15, 0.2) is 54.7 Å². The number of nitrogens with zero attached hydrogens (tertiary/aromatic N) is 4. The first-order chi connectivity index (χ1) is 16.9. The molecule has 1 fully saturated rings. The summed E-state index contributed by atoms with van der Waals surface area (Å²) >= 11 is 0. The molecule has 0 N–H and O–H groups in total. The van der Waals surface area contributed by atoms with Crippen LogP contribution in [0.5, 0.6) is 5.75 Å². The minimum atomic E-state index is -0.0163. The van der Waals surface area contributed by atoms with E-state index in [4.69, 9.17) is 4.74 Å². The molecular weight excluding hydrogens is 440 g/mol. The summed E-state index contributed by atoms with van der Waals surface area (Å²) in [7, 11) is 1.64. The lowest BCUT2D eigenvalue weighted by molar-refractivity contribution is -0.132. The van der Waals surface area contributed by atoms with E-state index in [1.807, 2.05) is 63.0 Å². The number of hydrogen-bond donors (Lipinski definition) is 0. The Labute approximate surface area is 207 Å². The molecule has 3 aromatic rings. The molecule has 1 aromatic heterocycles. The van der Waals surface area contributed by atoms with Crippen molar-refractivity contribution in [3.8, 4) is 11.4 Å². The van der Waals surface area contributed by atoms with Crippen LogP contribution in [-0.4, -0.2) is 64.7 Å². The second kappa shape index (κ2) is 10.8. The normalized spacial score (nSPS) is 13.9. The zero-order valence-corrected chi connectivity index (χ0v) is 21.0. The van der Waals surface area contributed by atoms with Crippen molar-refractivity contribution < 1.29 is 14.3 Å². The molecule has 0 unspecified atom stereocenters. The molecule has 2 heterocycles. The number of aromatic nitrogens is 2. The highest BCUT2D eigenvalue weighted by Gasteiger charge is 2.28. The van der Waals surface area contributed by atoms with Crippen molar-refractivity contribution in [2.45, 2.75) is 39.5 Å². The highest BCUT2D eigenvalue weighted by molar-refractivity contribution is 5.95. The average Bonchev–Trinajstić information content (AvgIpc) is 3.33. The number of benzene rings is 2.